The topological polar surface area (TPSA) is 39.2 Å². The summed E-state index contributed by atoms with van der Waals surface area (Å²) in [5.74, 6) is 0.0703. The number of hydrogen-bond donors (Lipinski definition) is 0. The summed E-state index contributed by atoms with van der Waals surface area (Å²) >= 11 is 0. The summed E-state index contributed by atoms with van der Waals surface area (Å²) < 4.78 is 29.2. The lowest BCUT2D eigenvalue weighted by Crippen LogP contribution is -1.99. The number of hydrogen-bond acceptors (Lipinski definition) is 3. The minimum atomic E-state index is -2.77. The van der Waals surface area contributed by atoms with E-state index >= 15 is 0 Å². The van der Waals surface area contributed by atoms with Gasteiger partial charge in [0.25, 0.3) is 6.43 Å². The molecular formula is C8H7F2NO2. The maximum absolute atomic E-state index is 12.3. The average Bonchev–Trinajstić information content (AvgIpc) is 2.16. The van der Waals surface area contributed by atoms with Crippen molar-refractivity contribution in [2.45, 2.75) is 6.43 Å². The van der Waals surface area contributed by atoms with Gasteiger partial charge < -0.3 is 4.74 Å². The van der Waals surface area contributed by atoms with E-state index < -0.39 is 12.1 Å². The third kappa shape index (κ3) is 1.99. The number of alkyl halides is 2. The van der Waals surface area contributed by atoms with Crippen molar-refractivity contribution >= 4 is 6.29 Å². The second kappa shape index (κ2) is 3.93. The van der Waals surface area contributed by atoms with E-state index in [1.54, 1.807) is 0 Å². The summed E-state index contributed by atoms with van der Waals surface area (Å²) in [5.41, 5.74) is -0.662. The summed E-state index contributed by atoms with van der Waals surface area (Å²) in [7, 11) is 1.32. The van der Waals surface area contributed by atoms with Gasteiger partial charge in [-0.15, -0.1) is 0 Å². The summed E-state index contributed by atoms with van der Waals surface area (Å²) in [6, 6.07) is 2.61. The fourth-order valence-corrected chi connectivity index (χ4v) is 0.855. The molecule has 0 bridgehead atoms. The van der Waals surface area contributed by atoms with Crippen LogP contribution in [-0.4, -0.2) is 18.4 Å². The monoisotopic (exact) mass is 187 g/mol. The van der Waals surface area contributed by atoms with Gasteiger partial charge in [-0.2, -0.15) is 0 Å². The van der Waals surface area contributed by atoms with Crippen LogP contribution in [0.1, 0.15) is 22.5 Å². The number of methoxy groups -OCH3 is 1. The number of carbonyl (C=O) groups is 1. The predicted octanol–water partition coefficient (Wildman–Crippen LogP) is 1.84. The number of rotatable bonds is 3. The second-order valence-corrected chi connectivity index (χ2v) is 2.25. The first-order valence-corrected chi connectivity index (χ1v) is 3.47. The molecule has 0 aliphatic heterocycles. The number of pyridine rings is 1. The van der Waals surface area contributed by atoms with Crippen LogP contribution in [0.5, 0.6) is 5.88 Å². The van der Waals surface area contributed by atoms with Crippen LogP contribution in [0.15, 0.2) is 12.1 Å². The Labute approximate surface area is 73.4 Å². The van der Waals surface area contributed by atoms with Crippen LogP contribution in [-0.2, 0) is 0 Å². The van der Waals surface area contributed by atoms with Crippen LogP contribution in [0.4, 0.5) is 8.78 Å². The Balaban J connectivity index is 3.17. The van der Waals surface area contributed by atoms with Gasteiger partial charge in [-0.3, -0.25) is 4.79 Å². The van der Waals surface area contributed by atoms with Gasteiger partial charge in [0.05, 0.1) is 7.11 Å². The highest BCUT2D eigenvalue weighted by atomic mass is 19.3. The summed E-state index contributed by atoms with van der Waals surface area (Å²) in [5, 5.41) is 0. The number of halogens is 2. The van der Waals surface area contributed by atoms with Crippen LogP contribution in [0.2, 0.25) is 0 Å². The Morgan fingerprint density at radius 3 is 2.69 bits per heavy atom. The number of nitrogens with zero attached hydrogens (tertiary/aromatic N) is 1. The molecule has 1 aromatic rings. The number of aromatic nitrogens is 1. The van der Waals surface area contributed by atoms with Crippen molar-refractivity contribution in [3.63, 3.8) is 0 Å². The van der Waals surface area contributed by atoms with Crippen LogP contribution >= 0.6 is 0 Å². The predicted molar refractivity (Wildman–Crippen MR) is 41.1 cm³/mol. The summed E-state index contributed by atoms with van der Waals surface area (Å²) in [4.78, 5) is 13.8. The molecule has 0 amide bonds. The minimum absolute atomic E-state index is 0.0703. The van der Waals surface area contributed by atoms with E-state index in [1.807, 2.05) is 0 Å². The van der Waals surface area contributed by atoms with Gasteiger partial charge in [0.1, 0.15) is 5.69 Å². The largest absolute Gasteiger partial charge is 0.481 e. The number of ether oxygens (including phenoxy) is 1. The zero-order valence-corrected chi connectivity index (χ0v) is 6.83. The molecule has 0 aliphatic rings. The van der Waals surface area contributed by atoms with Crippen LogP contribution < -0.4 is 4.74 Å². The molecule has 5 heteroatoms. The van der Waals surface area contributed by atoms with Crippen molar-refractivity contribution in [3.05, 3.63) is 23.4 Å². The molecule has 1 heterocycles. The van der Waals surface area contributed by atoms with Crippen molar-refractivity contribution in [1.82, 2.24) is 4.98 Å². The molecule has 0 saturated heterocycles. The zero-order chi connectivity index (χ0) is 9.84. The van der Waals surface area contributed by atoms with Gasteiger partial charge >= 0.3 is 0 Å². The van der Waals surface area contributed by atoms with E-state index in [9.17, 15) is 13.6 Å². The zero-order valence-electron chi connectivity index (χ0n) is 6.83. The molecule has 0 saturated carbocycles. The van der Waals surface area contributed by atoms with E-state index in [0.29, 0.717) is 6.29 Å². The highest BCUT2D eigenvalue weighted by molar-refractivity contribution is 5.76. The Kier molecular flexibility index (Phi) is 2.89. The van der Waals surface area contributed by atoms with Crippen molar-refractivity contribution in [2.75, 3.05) is 7.11 Å². The SMILES string of the molecule is COc1ccc(C=O)c(C(F)F)n1. The smallest absolute Gasteiger partial charge is 0.281 e. The Bertz CT molecular complexity index is 315. The molecule has 3 nitrogen and oxygen atoms in total. The maximum Gasteiger partial charge on any atom is 0.281 e. The molecule has 0 radical (unpaired) electrons. The minimum Gasteiger partial charge on any atom is -0.481 e. The number of carbonyl (C=O) groups excluding carboxylic acids is 1. The van der Waals surface area contributed by atoms with Gasteiger partial charge in [0.15, 0.2) is 6.29 Å². The van der Waals surface area contributed by atoms with Crippen molar-refractivity contribution < 1.29 is 18.3 Å². The van der Waals surface area contributed by atoms with Gasteiger partial charge in [0.2, 0.25) is 5.88 Å². The van der Waals surface area contributed by atoms with E-state index in [4.69, 9.17) is 0 Å². The second-order valence-electron chi connectivity index (χ2n) is 2.25. The van der Waals surface area contributed by atoms with Crippen LogP contribution in [0.25, 0.3) is 0 Å². The van der Waals surface area contributed by atoms with Crippen molar-refractivity contribution in [2.24, 2.45) is 0 Å². The lowest BCUT2D eigenvalue weighted by atomic mass is 10.2. The number of aldehydes is 1. The maximum atomic E-state index is 12.3. The molecule has 0 N–H and O–H groups in total. The first-order valence-electron chi connectivity index (χ1n) is 3.47. The van der Waals surface area contributed by atoms with E-state index in [0.717, 1.165) is 0 Å². The molecule has 1 aromatic heterocycles. The lowest BCUT2D eigenvalue weighted by Gasteiger charge is -2.04. The first kappa shape index (κ1) is 9.57. The molecule has 0 aliphatic carbocycles. The molecular weight excluding hydrogens is 180 g/mol. The Hall–Kier alpha value is -1.52. The molecule has 0 spiro atoms. The summed E-state index contributed by atoms with van der Waals surface area (Å²) in [6.07, 6.45) is -2.43. The van der Waals surface area contributed by atoms with Crippen LogP contribution in [0.3, 0.4) is 0 Å². The highest BCUT2D eigenvalue weighted by Crippen LogP contribution is 2.22. The molecule has 70 valence electrons. The Morgan fingerprint density at radius 2 is 2.23 bits per heavy atom. The fraction of sp³-hybridized carbons (Fsp3) is 0.250. The average molecular weight is 187 g/mol. The molecule has 1 rings (SSSR count). The fourth-order valence-electron chi connectivity index (χ4n) is 0.855. The lowest BCUT2D eigenvalue weighted by molar-refractivity contribution is 0.110. The molecule has 0 fully saturated rings. The first-order chi connectivity index (χ1) is 6.19. The van der Waals surface area contributed by atoms with Crippen molar-refractivity contribution in [3.8, 4) is 5.88 Å². The van der Waals surface area contributed by atoms with E-state index in [-0.39, 0.29) is 11.4 Å². The summed E-state index contributed by atoms with van der Waals surface area (Å²) in [6.45, 7) is 0. The van der Waals surface area contributed by atoms with E-state index in [2.05, 4.69) is 9.72 Å². The molecule has 13 heavy (non-hydrogen) atoms. The normalized spacial score (nSPS) is 10.2. The van der Waals surface area contributed by atoms with Crippen molar-refractivity contribution in [1.29, 1.82) is 0 Å². The van der Waals surface area contributed by atoms with Gasteiger partial charge in [-0.05, 0) is 6.07 Å². The van der Waals surface area contributed by atoms with Gasteiger partial charge in [-0.25, -0.2) is 13.8 Å². The quantitative estimate of drug-likeness (QED) is 0.677. The highest BCUT2D eigenvalue weighted by Gasteiger charge is 2.15. The van der Waals surface area contributed by atoms with Crippen LogP contribution in [0, 0.1) is 0 Å². The standard InChI is InChI=1S/C8H7F2NO2/c1-13-6-3-2-5(4-12)7(11-6)8(9)10/h2-4,8H,1H3. The van der Waals surface area contributed by atoms with Gasteiger partial charge in [-0.1, -0.05) is 0 Å². The molecule has 0 unspecified atom stereocenters. The van der Waals surface area contributed by atoms with E-state index in [1.165, 1.54) is 19.2 Å². The third-order valence-electron chi connectivity index (χ3n) is 1.47. The third-order valence-corrected chi connectivity index (χ3v) is 1.47. The molecule has 0 aromatic carbocycles. The van der Waals surface area contributed by atoms with Gasteiger partial charge in [0, 0.05) is 11.6 Å². The Morgan fingerprint density at radius 1 is 1.54 bits per heavy atom. The molecule has 0 atom stereocenters.